The van der Waals surface area contributed by atoms with Crippen molar-refractivity contribution in [2.24, 2.45) is 7.05 Å². The molecule has 0 fully saturated rings. The second kappa shape index (κ2) is 8.65. The van der Waals surface area contributed by atoms with Gasteiger partial charge in [0.05, 0.1) is 25.5 Å². The smallest absolute Gasteiger partial charge is 0.348 e. The summed E-state index contributed by atoms with van der Waals surface area (Å²) >= 11 is 0.842. The van der Waals surface area contributed by atoms with Crippen LogP contribution in [0.5, 0.6) is 0 Å². The Labute approximate surface area is 164 Å². The van der Waals surface area contributed by atoms with Crippen LogP contribution in [0.15, 0.2) is 6.20 Å². The first kappa shape index (κ1) is 21.1. The molecule has 10 nitrogen and oxygen atoms in total. The van der Waals surface area contributed by atoms with Crippen molar-refractivity contribution < 1.29 is 33.8 Å². The Morgan fingerprint density at radius 2 is 1.96 bits per heavy atom. The second-order valence-electron chi connectivity index (χ2n) is 5.68. The van der Waals surface area contributed by atoms with E-state index in [1.165, 1.54) is 21.1 Å². The molecule has 0 unspecified atom stereocenters. The molecule has 0 aromatic carbocycles. The van der Waals surface area contributed by atoms with Gasteiger partial charge >= 0.3 is 17.9 Å². The number of aryl methyl sites for hydroxylation is 1. The molecule has 11 heteroatoms. The fraction of sp³-hybridized carbons (Fsp3) is 0.353. The van der Waals surface area contributed by atoms with Gasteiger partial charge in [-0.25, -0.2) is 14.4 Å². The van der Waals surface area contributed by atoms with Gasteiger partial charge in [0.1, 0.15) is 21.1 Å². The zero-order valence-electron chi connectivity index (χ0n) is 15.7. The van der Waals surface area contributed by atoms with Gasteiger partial charge in [-0.1, -0.05) is 6.92 Å². The van der Waals surface area contributed by atoms with Gasteiger partial charge in [-0.15, -0.1) is 11.3 Å². The lowest BCUT2D eigenvalue weighted by atomic mass is 10.1. The van der Waals surface area contributed by atoms with Crippen LogP contribution in [0.3, 0.4) is 0 Å². The van der Waals surface area contributed by atoms with Gasteiger partial charge in [-0.05, 0) is 18.9 Å². The number of esters is 2. The third-order valence-electron chi connectivity index (χ3n) is 3.77. The number of nitrogens with zero attached hydrogens (tertiary/aromatic N) is 2. The van der Waals surface area contributed by atoms with Crippen molar-refractivity contribution >= 4 is 40.2 Å². The Bertz CT molecular complexity index is 945. The number of carboxylic acid groups (broad SMARTS) is 1. The second-order valence-corrected chi connectivity index (χ2v) is 6.70. The quantitative estimate of drug-likeness (QED) is 0.663. The Kier molecular flexibility index (Phi) is 6.52. The summed E-state index contributed by atoms with van der Waals surface area (Å²) in [5, 5.41) is 15.5. The highest BCUT2D eigenvalue weighted by Crippen LogP contribution is 2.34. The largest absolute Gasteiger partial charge is 0.478 e. The number of nitrogens with one attached hydrogen (secondary N) is 1. The highest BCUT2D eigenvalue weighted by atomic mass is 32.1. The van der Waals surface area contributed by atoms with Crippen LogP contribution in [0, 0.1) is 6.92 Å². The highest BCUT2D eigenvalue weighted by molar-refractivity contribution is 7.18. The van der Waals surface area contributed by atoms with E-state index in [0.29, 0.717) is 12.0 Å². The summed E-state index contributed by atoms with van der Waals surface area (Å²) in [6.07, 6.45) is 1.64. The molecule has 0 atom stereocenters. The number of carbonyl (C=O) groups excluding carboxylic acids is 3. The Hall–Kier alpha value is -3.21. The van der Waals surface area contributed by atoms with E-state index in [1.807, 2.05) is 6.92 Å². The Morgan fingerprint density at radius 1 is 1.29 bits per heavy atom. The fourth-order valence-corrected chi connectivity index (χ4v) is 3.54. The average molecular weight is 409 g/mol. The Balaban J connectivity index is 2.48. The van der Waals surface area contributed by atoms with Crippen molar-refractivity contribution in [2.45, 2.75) is 20.3 Å². The molecule has 1 amide bonds. The summed E-state index contributed by atoms with van der Waals surface area (Å²) in [6, 6.07) is 0. The van der Waals surface area contributed by atoms with Gasteiger partial charge in [0.25, 0.3) is 5.91 Å². The van der Waals surface area contributed by atoms with E-state index in [2.05, 4.69) is 10.4 Å². The van der Waals surface area contributed by atoms with Crippen LogP contribution in [0.2, 0.25) is 0 Å². The highest BCUT2D eigenvalue weighted by Gasteiger charge is 2.29. The van der Waals surface area contributed by atoms with Crippen LogP contribution in [0.4, 0.5) is 5.00 Å². The number of anilines is 1. The molecule has 0 aliphatic heterocycles. The van der Waals surface area contributed by atoms with E-state index in [0.717, 1.165) is 22.2 Å². The lowest BCUT2D eigenvalue weighted by Gasteiger charge is -2.08. The average Bonchev–Trinajstić information content (AvgIpc) is 3.19. The van der Waals surface area contributed by atoms with E-state index in [-0.39, 0.29) is 33.3 Å². The zero-order valence-corrected chi connectivity index (χ0v) is 16.5. The number of amides is 1. The maximum atomic E-state index is 12.7. The van der Waals surface area contributed by atoms with Crippen molar-refractivity contribution in [2.75, 3.05) is 19.0 Å². The first-order chi connectivity index (χ1) is 13.2. The van der Waals surface area contributed by atoms with E-state index in [1.54, 1.807) is 0 Å². The van der Waals surface area contributed by atoms with Gasteiger partial charge in [0.15, 0.2) is 0 Å². The van der Waals surface area contributed by atoms with E-state index >= 15 is 0 Å². The van der Waals surface area contributed by atoms with Gasteiger partial charge in [-0.3, -0.25) is 9.48 Å². The fourth-order valence-electron chi connectivity index (χ4n) is 2.43. The maximum absolute atomic E-state index is 12.7. The summed E-state index contributed by atoms with van der Waals surface area (Å²) in [4.78, 5) is 48.5. The summed E-state index contributed by atoms with van der Waals surface area (Å²) in [5.74, 6) is -3.48. The predicted octanol–water partition coefficient (Wildman–Crippen LogP) is 2.09. The summed E-state index contributed by atoms with van der Waals surface area (Å²) in [7, 11) is 2.61. The predicted molar refractivity (Wildman–Crippen MR) is 99.1 cm³/mol. The van der Waals surface area contributed by atoms with Gasteiger partial charge < -0.3 is 19.9 Å². The van der Waals surface area contributed by atoms with Crippen molar-refractivity contribution in [1.29, 1.82) is 0 Å². The van der Waals surface area contributed by atoms with Crippen molar-refractivity contribution in [3.63, 3.8) is 0 Å². The maximum Gasteiger partial charge on any atom is 0.348 e. The molecule has 0 aliphatic rings. The normalized spacial score (nSPS) is 10.4. The molecule has 2 heterocycles. The minimum absolute atomic E-state index is 0.0197. The number of thiophene rings is 1. The Morgan fingerprint density at radius 3 is 2.54 bits per heavy atom. The molecular formula is C17H19N3O7S. The number of hydrogen-bond donors (Lipinski definition) is 2. The number of carboxylic acids is 1. The molecule has 2 rings (SSSR count). The molecule has 0 spiro atoms. The monoisotopic (exact) mass is 409 g/mol. The lowest BCUT2D eigenvalue weighted by Crippen LogP contribution is -2.20. The molecule has 2 N–H and O–H groups in total. The third kappa shape index (κ3) is 4.03. The summed E-state index contributed by atoms with van der Waals surface area (Å²) in [5.41, 5.74) is -0.175. The van der Waals surface area contributed by atoms with Crippen LogP contribution < -0.4 is 5.32 Å². The topological polar surface area (TPSA) is 137 Å². The first-order valence-corrected chi connectivity index (χ1v) is 8.99. The minimum atomic E-state index is -1.32. The number of methoxy groups -OCH3 is 1. The standard InChI is InChI=1S/C17H19N3O7S/c1-5-6-27-16(24)10-8(2)12(17(25)26-4)28-14(10)19-13(21)11-9(15(22)23)7-18-20(11)3/h7H,5-6H2,1-4H3,(H,19,21)(H,22,23). The molecule has 150 valence electrons. The van der Waals surface area contributed by atoms with Crippen LogP contribution in [0.25, 0.3) is 0 Å². The number of aromatic nitrogens is 2. The summed E-state index contributed by atoms with van der Waals surface area (Å²) < 4.78 is 11.0. The van der Waals surface area contributed by atoms with Gasteiger partial charge in [-0.2, -0.15) is 5.10 Å². The number of hydrogen-bond acceptors (Lipinski definition) is 8. The zero-order chi connectivity index (χ0) is 21.0. The molecule has 2 aromatic rings. The lowest BCUT2D eigenvalue weighted by molar-refractivity contribution is 0.0505. The molecule has 2 aromatic heterocycles. The SMILES string of the molecule is CCCOC(=O)c1c(NC(=O)c2c(C(=O)O)cnn2C)sc(C(=O)OC)c1C. The van der Waals surface area contributed by atoms with E-state index in [4.69, 9.17) is 9.47 Å². The number of ether oxygens (including phenoxy) is 2. The van der Waals surface area contributed by atoms with Crippen LogP contribution in [0.1, 0.15) is 59.8 Å². The molecule has 0 aliphatic carbocycles. The number of aromatic carboxylic acids is 1. The van der Waals surface area contributed by atoms with Crippen molar-refractivity contribution in [3.05, 3.63) is 33.5 Å². The molecule has 0 bridgehead atoms. The van der Waals surface area contributed by atoms with Crippen LogP contribution in [-0.2, 0) is 16.5 Å². The van der Waals surface area contributed by atoms with E-state index < -0.39 is 23.8 Å². The third-order valence-corrected chi connectivity index (χ3v) is 4.96. The summed E-state index contributed by atoms with van der Waals surface area (Å²) in [6.45, 7) is 3.53. The van der Waals surface area contributed by atoms with Crippen molar-refractivity contribution in [3.8, 4) is 0 Å². The van der Waals surface area contributed by atoms with Crippen LogP contribution in [-0.4, -0.2) is 52.4 Å². The van der Waals surface area contributed by atoms with Gasteiger partial charge in [0, 0.05) is 7.05 Å². The molecular weight excluding hydrogens is 390 g/mol. The molecule has 28 heavy (non-hydrogen) atoms. The number of rotatable bonds is 7. The molecule has 0 radical (unpaired) electrons. The number of carbonyl (C=O) groups is 4. The van der Waals surface area contributed by atoms with Crippen LogP contribution >= 0.6 is 11.3 Å². The molecule has 0 saturated heterocycles. The minimum Gasteiger partial charge on any atom is -0.478 e. The first-order valence-electron chi connectivity index (χ1n) is 8.18. The van der Waals surface area contributed by atoms with Gasteiger partial charge in [0.2, 0.25) is 0 Å². The molecule has 0 saturated carbocycles. The van der Waals surface area contributed by atoms with Crippen molar-refractivity contribution in [1.82, 2.24) is 9.78 Å². The van der Waals surface area contributed by atoms with E-state index in [9.17, 15) is 24.3 Å².